The van der Waals surface area contributed by atoms with Crippen molar-refractivity contribution in [3.8, 4) is 5.75 Å². The highest BCUT2D eigenvalue weighted by atomic mass is 16.5. The molecule has 2 bridgehead atoms. The molecule has 0 aliphatic carbocycles. The number of amides is 1. The summed E-state index contributed by atoms with van der Waals surface area (Å²) >= 11 is 0. The zero-order chi connectivity index (χ0) is 26.6. The van der Waals surface area contributed by atoms with E-state index in [0.29, 0.717) is 38.4 Å². The van der Waals surface area contributed by atoms with Gasteiger partial charge in [0.2, 0.25) is 0 Å². The van der Waals surface area contributed by atoms with Gasteiger partial charge in [0.15, 0.2) is 0 Å². The van der Waals surface area contributed by atoms with Crippen LogP contribution in [0, 0.1) is 0 Å². The van der Waals surface area contributed by atoms with Crippen molar-refractivity contribution in [2.75, 3.05) is 40.0 Å². The minimum absolute atomic E-state index is 0.0991. The third kappa shape index (κ3) is 5.66. The Balaban J connectivity index is 1.22. The molecule has 3 aromatic rings. The Morgan fingerprint density at radius 3 is 2.08 bits per heavy atom. The number of morpholine rings is 1. The van der Waals surface area contributed by atoms with Gasteiger partial charge in [-0.05, 0) is 78.6 Å². The molecule has 202 valence electrons. The minimum atomic E-state index is 0.0991. The fraction of sp³-hybridized carbons (Fsp3) is 0.382. The predicted molar refractivity (Wildman–Crippen MR) is 155 cm³/mol. The van der Waals surface area contributed by atoms with Gasteiger partial charge in [0.1, 0.15) is 5.75 Å². The summed E-state index contributed by atoms with van der Waals surface area (Å²) in [4.78, 5) is 17.7. The van der Waals surface area contributed by atoms with E-state index in [1.54, 1.807) is 12.7 Å². The van der Waals surface area contributed by atoms with E-state index in [1.807, 2.05) is 17.0 Å². The van der Waals surface area contributed by atoms with E-state index < -0.39 is 0 Å². The van der Waals surface area contributed by atoms with Crippen molar-refractivity contribution in [2.45, 2.75) is 44.2 Å². The van der Waals surface area contributed by atoms with E-state index >= 15 is 0 Å². The SMILES string of the molecule is COc1ccc(CCN2C3CCC2CC(=C(c2ccccc2)c2ccc(C(=O)N4CCOCC4)cc2)C3)cc1. The van der Waals surface area contributed by atoms with Gasteiger partial charge in [0.05, 0.1) is 20.3 Å². The third-order valence-corrected chi connectivity index (χ3v) is 8.69. The number of benzene rings is 3. The van der Waals surface area contributed by atoms with E-state index in [4.69, 9.17) is 9.47 Å². The van der Waals surface area contributed by atoms with Gasteiger partial charge in [-0.15, -0.1) is 0 Å². The Kier molecular flexibility index (Phi) is 7.80. The predicted octanol–water partition coefficient (Wildman–Crippen LogP) is 5.84. The molecule has 2 unspecified atom stereocenters. The average Bonchev–Trinajstić information content (AvgIpc) is 3.24. The van der Waals surface area contributed by atoms with Crippen LogP contribution in [0.25, 0.3) is 5.57 Å². The molecule has 0 N–H and O–H groups in total. The second kappa shape index (κ2) is 11.8. The monoisotopic (exact) mass is 522 g/mol. The van der Waals surface area contributed by atoms with E-state index in [0.717, 1.165) is 37.1 Å². The van der Waals surface area contributed by atoms with Crippen LogP contribution in [-0.4, -0.2) is 67.7 Å². The Labute approximate surface area is 232 Å². The fourth-order valence-electron chi connectivity index (χ4n) is 6.63. The summed E-state index contributed by atoms with van der Waals surface area (Å²) in [5.74, 6) is 1.01. The number of ether oxygens (including phenoxy) is 2. The average molecular weight is 523 g/mol. The molecule has 0 radical (unpaired) electrons. The quantitative estimate of drug-likeness (QED) is 0.391. The van der Waals surface area contributed by atoms with Gasteiger partial charge in [0, 0.05) is 37.3 Å². The summed E-state index contributed by atoms with van der Waals surface area (Å²) in [6.07, 6.45) is 5.83. The molecule has 0 spiro atoms. The molecule has 5 heteroatoms. The van der Waals surface area contributed by atoms with Crippen molar-refractivity contribution >= 4 is 11.5 Å². The number of piperidine rings is 1. The highest BCUT2D eigenvalue weighted by Gasteiger charge is 2.39. The van der Waals surface area contributed by atoms with Crippen LogP contribution in [-0.2, 0) is 11.2 Å². The lowest BCUT2D eigenvalue weighted by Crippen LogP contribution is -2.41. The highest BCUT2D eigenvalue weighted by Crippen LogP contribution is 2.43. The maximum atomic E-state index is 13.0. The summed E-state index contributed by atoms with van der Waals surface area (Å²) in [6.45, 7) is 3.67. The van der Waals surface area contributed by atoms with E-state index in [9.17, 15) is 4.79 Å². The second-order valence-corrected chi connectivity index (χ2v) is 11.0. The molecule has 0 aromatic heterocycles. The summed E-state index contributed by atoms with van der Waals surface area (Å²) in [7, 11) is 1.72. The zero-order valence-corrected chi connectivity index (χ0v) is 22.9. The van der Waals surface area contributed by atoms with Crippen LogP contribution in [0.1, 0.15) is 52.7 Å². The first-order valence-electron chi connectivity index (χ1n) is 14.3. The lowest BCUT2D eigenvalue weighted by molar-refractivity contribution is 0.0303. The van der Waals surface area contributed by atoms with Gasteiger partial charge < -0.3 is 14.4 Å². The normalized spacial score (nSPS) is 21.2. The van der Waals surface area contributed by atoms with Crippen LogP contribution in [0.15, 0.2) is 84.4 Å². The number of rotatable bonds is 7. The molecule has 3 aliphatic rings. The summed E-state index contributed by atoms with van der Waals surface area (Å²) in [5, 5.41) is 0. The zero-order valence-electron chi connectivity index (χ0n) is 22.9. The molecule has 6 rings (SSSR count). The molecule has 3 heterocycles. The molecule has 3 aromatic carbocycles. The topological polar surface area (TPSA) is 42.0 Å². The Morgan fingerprint density at radius 2 is 1.44 bits per heavy atom. The molecule has 3 saturated heterocycles. The summed E-state index contributed by atoms with van der Waals surface area (Å²) in [6, 6.07) is 28.8. The molecule has 2 atom stereocenters. The molecule has 39 heavy (non-hydrogen) atoms. The standard InChI is InChI=1S/C34H38N2O3/c1-38-32-15-7-25(8-16-32)17-18-36-30-13-14-31(36)24-29(23-30)33(26-5-3-2-4-6-26)27-9-11-28(12-10-27)34(37)35-19-21-39-22-20-35/h2-12,15-16,30-31H,13-14,17-24H2,1H3. The second-order valence-electron chi connectivity index (χ2n) is 11.0. The van der Waals surface area contributed by atoms with Crippen LogP contribution in [0.3, 0.4) is 0 Å². The van der Waals surface area contributed by atoms with Crippen molar-refractivity contribution in [1.82, 2.24) is 9.80 Å². The number of carbonyl (C=O) groups excluding carboxylic acids is 1. The van der Waals surface area contributed by atoms with Gasteiger partial charge in [-0.3, -0.25) is 9.69 Å². The first-order valence-corrected chi connectivity index (χ1v) is 14.3. The maximum absolute atomic E-state index is 13.0. The van der Waals surface area contributed by atoms with Crippen molar-refractivity contribution < 1.29 is 14.3 Å². The van der Waals surface area contributed by atoms with Gasteiger partial charge in [0.25, 0.3) is 5.91 Å². The van der Waals surface area contributed by atoms with E-state index in [1.165, 1.54) is 35.1 Å². The summed E-state index contributed by atoms with van der Waals surface area (Å²) < 4.78 is 10.7. The number of hydrogen-bond donors (Lipinski definition) is 0. The Bertz CT molecular complexity index is 1280. The molecular formula is C34H38N2O3. The molecular weight excluding hydrogens is 484 g/mol. The van der Waals surface area contributed by atoms with Crippen LogP contribution < -0.4 is 4.74 Å². The van der Waals surface area contributed by atoms with E-state index in [2.05, 4.69) is 71.6 Å². The third-order valence-electron chi connectivity index (χ3n) is 8.69. The lowest BCUT2D eigenvalue weighted by atomic mass is 9.85. The van der Waals surface area contributed by atoms with Crippen LogP contribution in [0.5, 0.6) is 5.75 Å². The molecule has 5 nitrogen and oxygen atoms in total. The molecule has 0 saturated carbocycles. The van der Waals surface area contributed by atoms with Crippen molar-refractivity contribution in [3.63, 3.8) is 0 Å². The number of methoxy groups -OCH3 is 1. The van der Waals surface area contributed by atoms with E-state index in [-0.39, 0.29) is 5.91 Å². The first-order chi connectivity index (χ1) is 19.2. The highest BCUT2D eigenvalue weighted by molar-refractivity contribution is 5.95. The van der Waals surface area contributed by atoms with Crippen LogP contribution >= 0.6 is 0 Å². The van der Waals surface area contributed by atoms with Crippen molar-refractivity contribution in [1.29, 1.82) is 0 Å². The van der Waals surface area contributed by atoms with Gasteiger partial charge in [-0.25, -0.2) is 0 Å². The minimum Gasteiger partial charge on any atom is -0.497 e. The maximum Gasteiger partial charge on any atom is 0.254 e. The lowest BCUT2D eigenvalue weighted by Gasteiger charge is -2.37. The molecule has 3 fully saturated rings. The smallest absolute Gasteiger partial charge is 0.254 e. The fourth-order valence-corrected chi connectivity index (χ4v) is 6.63. The Hall–Kier alpha value is -3.41. The molecule has 1 amide bonds. The van der Waals surface area contributed by atoms with Gasteiger partial charge >= 0.3 is 0 Å². The first kappa shape index (κ1) is 25.8. The number of fused-ring (bicyclic) bond motifs is 2. The number of carbonyl (C=O) groups is 1. The number of hydrogen-bond acceptors (Lipinski definition) is 4. The Morgan fingerprint density at radius 1 is 0.821 bits per heavy atom. The van der Waals surface area contributed by atoms with Crippen molar-refractivity contribution in [2.24, 2.45) is 0 Å². The largest absolute Gasteiger partial charge is 0.497 e. The molecule has 3 aliphatic heterocycles. The summed E-state index contributed by atoms with van der Waals surface area (Å²) in [5.41, 5.74) is 7.51. The van der Waals surface area contributed by atoms with Gasteiger partial charge in [-0.2, -0.15) is 0 Å². The van der Waals surface area contributed by atoms with Gasteiger partial charge in [-0.1, -0.05) is 60.2 Å². The van der Waals surface area contributed by atoms with Crippen molar-refractivity contribution in [3.05, 3.63) is 107 Å². The van der Waals surface area contributed by atoms with Crippen LogP contribution in [0.2, 0.25) is 0 Å². The number of nitrogens with zero attached hydrogens (tertiary/aromatic N) is 2. The van der Waals surface area contributed by atoms with Crippen LogP contribution in [0.4, 0.5) is 0 Å².